The van der Waals surface area contributed by atoms with Gasteiger partial charge < -0.3 is 20.3 Å². The summed E-state index contributed by atoms with van der Waals surface area (Å²) in [4.78, 5) is 18.0. The van der Waals surface area contributed by atoms with Gasteiger partial charge in [0.05, 0.1) is 6.61 Å². The molecule has 6 nitrogen and oxygen atoms in total. The van der Waals surface area contributed by atoms with E-state index in [9.17, 15) is 4.79 Å². The third-order valence-corrected chi connectivity index (χ3v) is 5.46. The summed E-state index contributed by atoms with van der Waals surface area (Å²) in [5.74, 6) is 1.25. The summed E-state index contributed by atoms with van der Waals surface area (Å²) in [7, 11) is 3.51. The van der Waals surface area contributed by atoms with Crippen molar-refractivity contribution >= 4 is 11.9 Å². The van der Waals surface area contributed by atoms with E-state index in [1.165, 1.54) is 18.4 Å². The molecule has 0 radical (unpaired) electrons. The molecule has 1 atom stereocenters. The van der Waals surface area contributed by atoms with Crippen molar-refractivity contribution in [2.45, 2.75) is 25.7 Å². The van der Waals surface area contributed by atoms with E-state index in [1.54, 1.807) is 19.0 Å². The molecule has 148 valence electrons. The molecule has 27 heavy (non-hydrogen) atoms. The molecule has 1 saturated carbocycles. The number of nitrogens with one attached hydrogen (secondary N) is 2. The minimum absolute atomic E-state index is 0.00530. The highest BCUT2D eigenvalue weighted by atomic mass is 16.5. The van der Waals surface area contributed by atoms with Crippen LogP contribution in [0.25, 0.3) is 0 Å². The summed E-state index contributed by atoms with van der Waals surface area (Å²) < 4.78 is 5.45. The average Bonchev–Trinajstić information content (AvgIpc) is 3.22. The maximum absolute atomic E-state index is 11.9. The molecule has 2 aliphatic rings. The van der Waals surface area contributed by atoms with Gasteiger partial charge in [0, 0.05) is 39.7 Å². The number of carbonyl (C=O) groups excluding carboxylic acids is 1. The minimum atomic E-state index is 0.00530. The molecule has 1 heterocycles. The highest BCUT2D eigenvalue weighted by Crippen LogP contribution is 2.47. The number of ether oxygens (including phenoxy) is 1. The molecule has 1 aliphatic heterocycles. The van der Waals surface area contributed by atoms with Crippen molar-refractivity contribution in [2.75, 3.05) is 46.9 Å². The minimum Gasteiger partial charge on any atom is -0.381 e. The number of hydrogen-bond donors (Lipinski definition) is 2. The zero-order chi connectivity index (χ0) is 19.1. The lowest BCUT2D eigenvalue weighted by Crippen LogP contribution is -2.43. The average molecular weight is 373 g/mol. The Hall–Kier alpha value is -2.08. The third-order valence-electron chi connectivity index (χ3n) is 5.46. The fourth-order valence-corrected chi connectivity index (χ4v) is 3.34. The standard InChI is InChI=1S/C21H32N4O2/c1-25(2)19(26)14-23-20(22-13-18-8-11-27-15-18)24-16-21(9-10-21)12-17-6-4-3-5-7-17/h3-7,18H,8-16H2,1-2H3,(H2,22,23,24). The van der Waals surface area contributed by atoms with Gasteiger partial charge in [0.1, 0.15) is 6.54 Å². The van der Waals surface area contributed by atoms with Gasteiger partial charge in [-0.3, -0.25) is 4.79 Å². The number of benzene rings is 1. The van der Waals surface area contributed by atoms with Crippen LogP contribution in [0, 0.1) is 11.3 Å². The van der Waals surface area contributed by atoms with Crippen LogP contribution in [0.4, 0.5) is 0 Å². The van der Waals surface area contributed by atoms with E-state index in [1.807, 2.05) is 0 Å². The summed E-state index contributed by atoms with van der Waals surface area (Å²) in [5.41, 5.74) is 1.69. The highest BCUT2D eigenvalue weighted by molar-refractivity contribution is 5.84. The van der Waals surface area contributed by atoms with E-state index < -0.39 is 0 Å². The van der Waals surface area contributed by atoms with E-state index in [2.05, 4.69) is 46.0 Å². The van der Waals surface area contributed by atoms with Gasteiger partial charge in [-0.05, 0) is 36.7 Å². The predicted octanol–water partition coefficient (Wildman–Crippen LogP) is 1.67. The van der Waals surface area contributed by atoms with Crippen LogP contribution in [0.2, 0.25) is 0 Å². The first kappa shape index (κ1) is 19.7. The second kappa shape index (κ2) is 9.22. The second-order valence-corrected chi connectivity index (χ2v) is 8.08. The van der Waals surface area contributed by atoms with Crippen LogP contribution in [-0.2, 0) is 16.0 Å². The Morgan fingerprint density at radius 2 is 2.04 bits per heavy atom. The normalized spacial score (nSPS) is 21.0. The zero-order valence-electron chi connectivity index (χ0n) is 16.5. The zero-order valence-corrected chi connectivity index (χ0v) is 16.5. The smallest absolute Gasteiger partial charge is 0.243 e. The largest absolute Gasteiger partial charge is 0.381 e. The van der Waals surface area contributed by atoms with Crippen molar-refractivity contribution in [1.29, 1.82) is 0 Å². The molecule has 2 N–H and O–H groups in total. The van der Waals surface area contributed by atoms with E-state index in [-0.39, 0.29) is 12.5 Å². The number of aliphatic imine (C=N–C) groups is 1. The fraction of sp³-hybridized carbons (Fsp3) is 0.619. The molecule has 6 heteroatoms. The molecule has 1 unspecified atom stereocenters. The SMILES string of the molecule is CN(C)C(=O)CN=C(NCC1CCOC1)NCC1(Cc2ccccc2)CC1. The molecule has 3 rings (SSSR count). The van der Waals surface area contributed by atoms with E-state index >= 15 is 0 Å². The van der Waals surface area contributed by atoms with Crippen LogP contribution >= 0.6 is 0 Å². The van der Waals surface area contributed by atoms with Crippen molar-refractivity contribution in [3.8, 4) is 0 Å². The number of guanidine groups is 1. The number of likely N-dealkylation sites (N-methyl/N-ethyl adjacent to an activating group) is 1. The Kier molecular flexibility index (Phi) is 6.72. The molecule has 0 spiro atoms. The first-order valence-corrected chi connectivity index (χ1v) is 9.90. The van der Waals surface area contributed by atoms with Crippen molar-refractivity contribution < 1.29 is 9.53 Å². The van der Waals surface area contributed by atoms with Gasteiger partial charge in [0.15, 0.2) is 5.96 Å². The van der Waals surface area contributed by atoms with E-state index in [4.69, 9.17) is 4.74 Å². The topological polar surface area (TPSA) is 66.0 Å². The third kappa shape index (κ3) is 6.24. The summed E-state index contributed by atoms with van der Waals surface area (Å²) in [6.45, 7) is 3.51. The maximum atomic E-state index is 11.9. The number of rotatable bonds is 8. The Balaban J connectivity index is 1.54. The number of amides is 1. The quantitative estimate of drug-likeness (QED) is 0.538. The van der Waals surface area contributed by atoms with Crippen molar-refractivity contribution in [1.82, 2.24) is 15.5 Å². The number of carbonyl (C=O) groups is 1. The van der Waals surface area contributed by atoms with Gasteiger partial charge in [-0.15, -0.1) is 0 Å². The predicted molar refractivity (Wildman–Crippen MR) is 108 cm³/mol. The van der Waals surface area contributed by atoms with Crippen molar-refractivity contribution in [3.05, 3.63) is 35.9 Å². The van der Waals surface area contributed by atoms with E-state index in [0.29, 0.717) is 11.3 Å². The molecule has 0 aromatic heterocycles. The molecule has 1 aliphatic carbocycles. The molecule has 2 fully saturated rings. The van der Waals surface area contributed by atoms with Crippen LogP contribution in [0.15, 0.2) is 35.3 Å². The van der Waals surface area contributed by atoms with Crippen molar-refractivity contribution in [2.24, 2.45) is 16.3 Å². The van der Waals surface area contributed by atoms with Gasteiger partial charge in [0.25, 0.3) is 0 Å². The Morgan fingerprint density at radius 3 is 2.67 bits per heavy atom. The molecule has 1 aromatic rings. The van der Waals surface area contributed by atoms with Gasteiger partial charge in [-0.2, -0.15) is 0 Å². The molecule has 1 amide bonds. The fourth-order valence-electron chi connectivity index (χ4n) is 3.34. The number of hydrogen-bond acceptors (Lipinski definition) is 3. The first-order valence-electron chi connectivity index (χ1n) is 9.90. The molecular weight excluding hydrogens is 340 g/mol. The molecule has 1 aromatic carbocycles. The molecule has 0 bridgehead atoms. The van der Waals surface area contributed by atoms with Crippen LogP contribution in [0.5, 0.6) is 0 Å². The Bertz CT molecular complexity index is 635. The number of nitrogens with zero attached hydrogens (tertiary/aromatic N) is 2. The van der Waals surface area contributed by atoms with Crippen molar-refractivity contribution in [3.63, 3.8) is 0 Å². The second-order valence-electron chi connectivity index (χ2n) is 8.08. The van der Waals surface area contributed by atoms with Gasteiger partial charge in [-0.25, -0.2) is 4.99 Å². The monoisotopic (exact) mass is 372 g/mol. The van der Waals surface area contributed by atoms with Gasteiger partial charge >= 0.3 is 0 Å². The van der Waals surface area contributed by atoms with E-state index in [0.717, 1.165) is 45.1 Å². The highest BCUT2D eigenvalue weighted by Gasteiger charge is 2.42. The molecule has 1 saturated heterocycles. The lowest BCUT2D eigenvalue weighted by Gasteiger charge is -2.20. The van der Waals surface area contributed by atoms with Gasteiger partial charge in [0.2, 0.25) is 5.91 Å². The van der Waals surface area contributed by atoms with Crippen LogP contribution in [0.3, 0.4) is 0 Å². The lowest BCUT2D eigenvalue weighted by molar-refractivity contribution is -0.127. The molecular formula is C21H32N4O2. The Labute approximate surface area is 162 Å². The lowest BCUT2D eigenvalue weighted by atomic mass is 9.96. The van der Waals surface area contributed by atoms with Crippen LogP contribution in [-0.4, -0.2) is 63.7 Å². The van der Waals surface area contributed by atoms with Crippen LogP contribution in [0.1, 0.15) is 24.8 Å². The first-order chi connectivity index (χ1) is 13.1. The summed E-state index contributed by atoms with van der Waals surface area (Å²) >= 11 is 0. The summed E-state index contributed by atoms with van der Waals surface area (Å²) in [6.07, 6.45) is 4.63. The van der Waals surface area contributed by atoms with Gasteiger partial charge in [-0.1, -0.05) is 30.3 Å². The van der Waals surface area contributed by atoms with Crippen LogP contribution < -0.4 is 10.6 Å². The maximum Gasteiger partial charge on any atom is 0.243 e. The summed E-state index contributed by atoms with van der Waals surface area (Å²) in [5, 5.41) is 6.90. The summed E-state index contributed by atoms with van der Waals surface area (Å²) in [6, 6.07) is 10.7. The Morgan fingerprint density at radius 1 is 1.26 bits per heavy atom.